The van der Waals surface area contributed by atoms with Gasteiger partial charge in [-0.3, -0.25) is 4.79 Å². The molecule has 1 aliphatic carbocycles. The molecule has 2 aromatic carbocycles. The van der Waals surface area contributed by atoms with Crippen LogP contribution in [0.5, 0.6) is 0 Å². The highest BCUT2D eigenvalue weighted by molar-refractivity contribution is 7.16. The number of rotatable bonds is 7. The Balaban J connectivity index is 1.32. The minimum atomic E-state index is -0.101. The van der Waals surface area contributed by atoms with Crippen molar-refractivity contribution < 1.29 is 9.21 Å². The molecule has 0 bridgehead atoms. The number of aromatic nitrogens is 1. The van der Waals surface area contributed by atoms with Crippen molar-refractivity contribution in [2.45, 2.75) is 38.8 Å². The Bertz CT molecular complexity index is 1670. The normalized spacial score (nSPS) is 13.0. The molecule has 188 valence electrons. The van der Waals surface area contributed by atoms with Crippen LogP contribution in [0.1, 0.15) is 56.1 Å². The van der Waals surface area contributed by atoms with Crippen molar-refractivity contribution in [1.29, 1.82) is 5.26 Å². The van der Waals surface area contributed by atoms with Crippen LogP contribution in [0.2, 0.25) is 0 Å². The highest BCUT2D eigenvalue weighted by Crippen LogP contribution is 2.40. The van der Waals surface area contributed by atoms with E-state index in [9.17, 15) is 4.79 Å². The van der Waals surface area contributed by atoms with E-state index in [0.29, 0.717) is 24.2 Å². The van der Waals surface area contributed by atoms with E-state index < -0.39 is 0 Å². The van der Waals surface area contributed by atoms with Crippen LogP contribution in [0.3, 0.4) is 0 Å². The number of aliphatic imine (C=N–C) groups is 1. The maximum atomic E-state index is 13.3. The molecule has 1 amide bonds. The SMILES string of the molecule is N#Cc1ccc(Cn2cc(C=Nc3sc4c(c3C(=O)NCc3ccco3)CCCC4)c3ccccc32)cc1. The fourth-order valence-corrected chi connectivity index (χ4v) is 6.29. The van der Waals surface area contributed by atoms with Gasteiger partial charge >= 0.3 is 0 Å². The molecular formula is C31H26N4O2S. The van der Waals surface area contributed by atoms with Gasteiger partial charge in [-0.2, -0.15) is 5.26 Å². The van der Waals surface area contributed by atoms with Crippen LogP contribution in [0.4, 0.5) is 5.00 Å². The third-order valence-corrected chi connectivity index (χ3v) is 8.16. The first kappa shape index (κ1) is 24.0. The summed E-state index contributed by atoms with van der Waals surface area (Å²) in [7, 11) is 0. The van der Waals surface area contributed by atoms with Gasteiger partial charge in [-0.1, -0.05) is 30.3 Å². The summed E-state index contributed by atoms with van der Waals surface area (Å²) in [5.41, 5.74) is 5.74. The molecule has 0 spiro atoms. The second-order valence-corrected chi connectivity index (χ2v) is 10.5. The van der Waals surface area contributed by atoms with Crippen molar-refractivity contribution in [2.24, 2.45) is 4.99 Å². The highest BCUT2D eigenvalue weighted by atomic mass is 32.1. The molecule has 3 heterocycles. The van der Waals surface area contributed by atoms with Crippen LogP contribution in [0.15, 0.2) is 82.5 Å². The maximum Gasteiger partial charge on any atom is 0.255 e. The monoisotopic (exact) mass is 518 g/mol. The molecule has 5 aromatic rings. The zero-order valence-corrected chi connectivity index (χ0v) is 21.6. The zero-order valence-electron chi connectivity index (χ0n) is 20.8. The Morgan fingerprint density at radius 3 is 2.76 bits per heavy atom. The summed E-state index contributed by atoms with van der Waals surface area (Å²) < 4.78 is 7.59. The molecule has 3 aromatic heterocycles. The average Bonchev–Trinajstić information content (AvgIpc) is 3.69. The molecule has 1 N–H and O–H groups in total. The van der Waals surface area contributed by atoms with E-state index in [-0.39, 0.29) is 5.91 Å². The smallest absolute Gasteiger partial charge is 0.255 e. The number of thiophene rings is 1. The lowest BCUT2D eigenvalue weighted by atomic mass is 9.95. The van der Waals surface area contributed by atoms with E-state index >= 15 is 0 Å². The molecule has 6 nitrogen and oxygen atoms in total. The first-order valence-corrected chi connectivity index (χ1v) is 13.6. The lowest BCUT2D eigenvalue weighted by Crippen LogP contribution is -2.23. The second-order valence-electron chi connectivity index (χ2n) is 9.45. The summed E-state index contributed by atoms with van der Waals surface area (Å²) in [5, 5.41) is 14.0. The molecule has 0 saturated carbocycles. The fourth-order valence-electron chi connectivity index (χ4n) is 5.06. The number of hydrogen-bond donors (Lipinski definition) is 1. The number of carbonyl (C=O) groups excluding carboxylic acids is 1. The van der Waals surface area contributed by atoms with Crippen LogP contribution < -0.4 is 5.32 Å². The van der Waals surface area contributed by atoms with Gasteiger partial charge < -0.3 is 14.3 Å². The Labute approximate surface area is 224 Å². The van der Waals surface area contributed by atoms with Gasteiger partial charge in [-0.05, 0) is 67.1 Å². The Hall–Kier alpha value is -4.41. The summed E-state index contributed by atoms with van der Waals surface area (Å²) in [5.74, 6) is 0.624. The predicted octanol–water partition coefficient (Wildman–Crippen LogP) is 6.78. The summed E-state index contributed by atoms with van der Waals surface area (Å²) in [6, 6.07) is 21.8. The number of furan rings is 1. The van der Waals surface area contributed by atoms with Gasteiger partial charge in [0.1, 0.15) is 10.8 Å². The van der Waals surface area contributed by atoms with Crippen molar-refractivity contribution in [3.8, 4) is 6.07 Å². The summed E-state index contributed by atoms with van der Waals surface area (Å²) in [6.45, 7) is 1.04. The predicted molar refractivity (Wildman–Crippen MR) is 150 cm³/mol. The van der Waals surface area contributed by atoms with Gasteiger partial charge in [0.25, 0.3) is 5.91 Å². The van der Waals surface area contributed by atoms with Crippen LogP contribution in [0.25, 0.3) is 10.9 Å². The minimum Gasteiger partial charge on any atom is -0.467 e. The quantitative estimate of drug-likeness (QED) is 0.241. The largest absolute Gasteiger partial charge is 0.467 e. The topological polar surface area (TPSA) is 83.3 Å². The zero-order chi connectivity index (χ0) is 25.9. The third kappa shape index (κ3) is 4.79. The number of nitriles is 1. The molecule has 0 aliphatic heterocycles. The lowest BCUT2D eigenvalue weighted by molar-refractivity contribution is 0.0948. The fraction of sp³-hybridized carbons (Fsp3) is 0.194. The molecule has 1 aliphatic rings. The molecule has 0 unspecified atom stereocenters. The van der Waals surface area contributed by atoms with Crippen molar-refractivity contribution >= 4 is 39.4 Å². The van der Waals surface area contributed by atoms with E-state index in [1.807, 2.05) is 54.7 Å². The molecule has 0 radical (unpaired) electrons. The summed E-state index contributed by atoms with van der Waals surface area (Å²) >= 11 is 1.64. The number of aryl methyl sites for hydroxylation is 1. The molecular weight excluding hydrogens is 492 g/mol. The van der Waals surface area contributed by atoms with Gasteiger partial charge in [0.2, 0.25) is 0 Å². The number of para-hydroxylation sites is 1. The lowest BCUT2D eigenvalue weighted by Gasteiger charge is -2.12. The second kappa shape index (κ2) is 10.5. The number of fused-ring (bicyclic) bond motifs is 2. The number of nitrogens with zero attached hydrogens (tertiary/aromatic N) is 3. The van der Waals surface area contributed by atoms with Gasteiger partial charge in [0.15, 0.2) is 0 Å². The van der Waals surface area contributed by atoms with Gasteiger partial charge in [0, 0.05) is 40.3 Å². The van der Waals surface area contributed by atoms with Crippen molar-refractivity contribution in [1.82, 2.24) is 9.88 Å². The maximum absolute atomic E-state index is 13.3. The van der Waals surface area contributed by atoms with Crippen molar-refractivity contribution in [3.63, 3.8) is 0 Å². The number of benzene rings is 2. The standard InChI is InChI=1S/C31H26N4O2S/c32-16-21-11-13-22(14-12-21)19-35-20-23(25-7-1-3-9-27(25)35)17-34-31-29(26-8-2-4-10-28(26)38-31)30(36)33-18-24-6-5-15-37-24/h1,3,5-7,9,11-15,17,20H,2,4,8,10,18-19H2,(H,33,36). The van der Waals surface area contributed by atoms with Crippen LogP contribution >= 0.6 is 11.3 Å². The first-order chi connectivity index (χ1) is 18.7. The molecule has 6 rings (SSSR count). The molecule has 7 heteroatoms. The van der Waals surface area contributed by atoms with Crippen LogP contribution in [0, 0.1) is 11.3 Å². The van der Waals surface area contributed by atoms with E-state index in [1.54, 1.807) is 17.6 Å². The molecule has 0 saturated heterocycles. The van der Waals surface area contributed by atoms with Gasteiger partial charge in [-0.25, -0.2) is 4.99 Å². The van der Waals surface area contributed by atoms with Gasteiger partial charge in [0.05, 0.1) is 30.0 Å². The third-order valence-electron chi connectivity index (χ3n) is 6.96. The average molecular weight is 519 g/mol. The number of hydrogen-bond acceptors (Lipinski definition) is 5. The molecule has 38 heavy (non-hydrogen) atoms. The van der Waals surface area contributed by atoms with E-state index in [1.165, 1.54) is 4.88 Å². The molecule has 0 fully saturated rings. The van der Waals surface area contributed by atoms with E-state index in [0.717, 1.165) is 64.0 Å². The first-order valence-electron chi connectivity index (χ1n) is 12.8. The Morgan fingerprint density at radius 1 is 1.11 bits per heavy atom. The van der Waals surface area contributed by atoms with Crippen molar-refractivity contribution in [2.75, 3.05) is 0 Å². The van der Waals surface area contributed by atoms with Crippen molar-refractivity contribution in [3.05, 3.63) is 112 Å². The van der Waals surface area contributed by atoms with E-state index in [2.05, 4.69) is 34.3 Å². The number of nitrogens with one attached hydrogen (secondary N) is 1. The van der Waals surface area contributed by atoms with Crippen LogP contribution in [-0.2, 0) is 25.9 Å². The summed E-state index contributed by atoms with van der Waals surface area (Å²) in [6.07, 6.45) is 9.75. The number of amides is 1. The van der Waals surface area contributed by atoms with Gasteiger partial charge in [-0.15, -0.1) is 11.3 Å². The Kier molecular flexibility index (Phi) is 6.63. The summed E-state index contributed by atoms with van der Waals surface area (Å²) in [4.78, 5) is 19.5. The Morgan fingerprint density at radius 2 is 1.95 bits per heavy atom. The number of carbonyl (C=O) groups is 1. The molecule has 0 atom stereocenters. The van der Waals surface area contributed by atoms with Crippen LogP contribution in [-0.4, -0.2) is 16.7 Å². The highest BCUT2D eigenvalue weighted by Gasteiger charge is 2.25. The minimum absolute atomic E-state index is 0.101. The van der Waals surface area contributed by atoms with E-state index in [4.69, 9.17) is 14.7 Å².